The average molecular weight is 257 g/mol. The maximum Gasteiger partial charge on any atom is 0.330 e. The second-order valence-electron chi connectivity index (χ2n) is 5.53. The molecule has 1 heterocycles. The summed E-state index contributed by atoms with van der Waals surface area (Å²) in [6.07, 6.45) is 3.22. The average Bonchev–Trinajstić information content (AvgIpc) is 2.22. The lowest BCUT2D eigenvalue weighted by atomic mass is 10.00. The van der Waals surface area contributed by atoms with Gasteiger partial charge in [0, 0.05) is 12.1 Å². The van der Waals surface area contributed by atoms with Crippen molar-refractivity contribution in [1.82, 2.24) is 15.8 Å². The van der Waals surface area contributed by atoms with Crippen molar-refractivity contribution < 1.29 is 14.7 Å². The molecule has 1 aliphatic rings. The van der Waals surface area contributed by atoms with Crippen LogP contribution in [0.3, 0.4) is 0 Å². The molecule has 0 saturated carbocycles. The van der Waals surface area contributed by atoms with Crippen LogP contribution in [0.1, 0.15) is 47.0 Å². The molecule has 0 bridgehead atoms. The highest BCUT2D eigenvalue weighted by atomic mass is 16.4. The minimum absolute atomic E-state index is 0.271. The second-order valence-corrected chi connectivity index (χ2v) is 5.53. The van der Waals surface area contributed by atoms with Gasteiger partial charge in [0.2, 0.25) is 0 Å². The molecular formula is C12H23N3O3. The summed E-state index contributed by atoms with van der Waals surface area (Å²) >= 11 is 0. The van der Waals surface area contributed by atoms with Crippen LogP contribution < -0.4 is 10.7 Å². The van der Waals surface area contributed by atoms with Crippen LogP contribution in [0.25, 0.3) is 0 Å². The molecule has 3 N–H and O–H groups in total. The van der Waals surface area contributed by atoms with Gasteiger partial charge in [0.25, 0.3) is 0 Å². The van der Waals surface area contributed by atoms with Crippen molar-refractivity contribution in [1.29, 1.82) is 0 Å². The maximum absolute atomic E-state index is 11.8. The monoisotopic (exact) mass is 257 g/mol. The lowest BCUT2D eigenvalue weighted by Crippen LogP contribution is -2.60. The Bertz CT molecular complexity index is 321. The smallest absolute Gasteiger partial charge is 0.330 e. The van der Waals surface area contributed by atoms with E-state index in [1.165, 1.54) is 13.8 Å². The molecule has 1 rings (SSSR count). The summed E-state index contributed by atoms with van der Waals surface area (Å²) in [5, 5.41) is 13.3. The Kier molecular flexibility index (Phi) is 4.56. The zero-order valence-corrected chi connectivity index (χ0v) is 11.5. The van der Waals surface area contributed by atoms with E-state index in [1.807, 2.05) is 5.01 Å². The SMILES string of the molecule is CC1CCCC(C)N1NC(=O)NC(C)(C)C(=O)O. The minimum atomic E-state index is -1.27. The van der Waals surface area contributed by atoms with E-state index in [-0.39, 0.29) is 12.1 Å². The number of carbonyl (C=O) groups is 2. The normalized spacial score (nSPS) is 25.6. The first-order valence-corrected chi connectivity index (χ1v) is 6.34. The van der Waals surface area contributed by atoms with Gasteiger partial charge in [-0.25, -0.2) is 14.6 Å². The van der Waals surface area contributed by atoms with Crippen LogP contribution in [0.4, 0.5) is 4.79 Å². The molecule has 0 aromatic heterocycles. The van der Waals surface area contributed by atoms with Crippen molar-refractivity contribution in [2.75, 3.05) is 0 Å². The number of urea groups is 1. The summed E-state index contributed by atoms with van der Waals surface area (Å²) in [6.45, 7) is 7.02. The van der Waals surface area contributed by atoms with Gasteiger partial charge >= 0.3 is 12.0 Å². The summed E-state index contributed by atoms with van der Waals surface area (Å²) in [5.74, 6) is -1.06. The number of aliphatic carboxylic acids is 1. The van der Waals surface area contributed by atoms with Gasteiger partial charge in [-0.3, -0.25) is 5.43 Å². The topological polar surface area (TPSA) is 81.7 Å². The number of piperidine rings is 1. The van der Waals surface area contributed by atoms with E-state index >= 15 is 0 Å². The first-order chi connectivity index (χ1) is 8.24. The molecule has 2 amide bonds. The molecule has 0 aromatic rings. The molecule has 0 aliphatic carbocycles. The van der Waals surface area contributed by atoms with Crippen LogP contribution in [-0.2, 0) is 4.79 Å². The van der Waals surface area contributed by atoms with E-state index in [4.69, 9.17) is 5.11 Å². The number of nitrogens with zero attached hydrogens (tertiary/aromatic N) is 1. The Morgan fingerprint density at radius 3 is 2.17 bits per heavy atom. The highest BCUT2D eigenvalue weighted by Crippen LogP contribution is 2.20. The molecule has 104 valence electrons. The summed E-state index contributed by atoms with van der Waals surface area (Å²) in [5.41, 5.74) is 1.48. The number of amides is 2. The number of nitrogens with one attached hydrogen (secondary N) is 2. The largest absolute Gasteiger partial charge is 0.480 e. The quantitative estimate of drug-likeness (QED) is 0.712. The Labute approximate surface area is 108 Å². The third kappa shape index (κ3) is 3.60. The molecule has 2 atom stereocenters. The molecule has 1 aliphatic heterocycles. The second kappa shape index (κ2) is 5.56. The predicted octanol–water partition coefficient (Wildman–Crippen LogP) is 1.33. The third-order valence-electron chi connectivity index (χ3n) is 3.38. The number of rotatable bonds is 3. The first kappa shape index (κ1) is 14.8. The maximum atomic E-state index is 11.8. The molecule has 0 aromatic carbocycles. The van der Waals surface area contributed by atoms with Crippen molar-refractivity contribution in [2.24, 2.45) is 0 Å². The van der Waals surface area contributed by atoms with Gasteiger partial charge < -0.3 is 10.4 Å². The zero-order chi connectivity index (χ0) is 13.9. The van der Waals surface area contributed by atoms with Gasteiger partial charge in [0.05, 0.1) is 0 Å². The first-order valence-electron chi connectivity index (χ1n) is 6.34. The number of carboxylic acid groups (broad SMARTS) is 1. The molecular weight excluding hydrogens is 234 g/mol. The van der Waals surface area contributed by atoms with E-state index < -0.39 is 17.5 Å². The van der Waals surface area contributed by atoms with Gasteiger partial charge in [-0.15, -0.1) is 0 Å². The summed E-state index contributed by atoms with van der Waals surface area (Å²) < 4.78 is 0. The predicted molar refractivity (Wildman–Crippen MR) is 68.0 cm³/mol. The Morgan fingerprint density at radius 1 is 1.22 bits per heavy atom. The van der Waals surface area contributed by atoms with Crippen LogP contribution >= 0.6 is 0 Å². The van der Waals surface area contributed by atoms with E-state index in [2.05, 4.69) is 24.6 Å². The van der Waals surface area contributed by atoms with Gasteiger partial charge in [-0.2, -0.15) is 0 Å². The standard InChI is InChI=1S/C12H23N3O3/c1-8-6-5-7-9(2)15(8)14-11(18)13-12(3,4)10(16)17/h8-9H,5-7H2,1-4H3,(H,16,17)(H2,13,14,18). The summed E-state index contributed by atoms with van der Waals surface area (Å²) in [6, 6.07) is 0.0721. The van der Waals surface area contributed by atoms with Gasteiger partial charge in [-0.05, 0) is 40.5 Å². The lowest BCUT2D eigenvalue weighted by molar-refractivity contribution is -0.143. The van der Waals surface area contributed by atoms with E-state index in [9.17, 15) is 9.59 Å². The highest BCUT2D eigenvalue weighted by molar-refractivity contribution is 5.85. The number of hydrogen-bond acceptors (Lipinski definition) is 3. The summed E-state index contributed by atoms with van der Waals surface area (Å²) in [4.78, 5) is 22.7. The van der Waals surface area contributed by atoms with E-state index in [0.717, 1.165) is 19.3 Å². The molecule has 0 radical (unpaired) electrons. The van der Waals surface area contributed by atoms with Crippen LogP contribution in [0.5, 0.6) is 0 Å². The molecule has 6 nitrogen and oxygen atoms in total. The van der Waals surface area contributed by atoms with Crippen LogP contribution in [-0.4, -0.2) is 39.7 Å². The molecule has 6 heteroatoms. The fraction of sp³-hybridized carbons (Fsp3) is 0.833. The molecule has 0 spiro atoms. The van der Waals surface area contributed by atoms with Crippen LogP contribution in [0.2, 0.25) is 0 Å². The number of carbonyl (C=O) groups excluding carboxylic acids is 1. The van der Waals surface area contributed by atoms with Crippen molar-refractivity contribution in [3.05, 3.63) is 0 Å². The van der Waals surface area contributed by atoms with E-state index in [1.54, 1.807) is 0 Å². The Hall–Kier alpha value is -1.30. The third-order valence-corrected chi connectivity index (χ3v) is 3.38. The number of hydrogen-bond donors (Lipinski definition) is 3. The van der Waals surface area contributed by atoms with Crippen LogP contribution in [0.15, 0.2) is 0 Å². The number of carboxylic acids is 1. The highest BCUT2D eigenvalue weighted by Gasteiger charge is 2.31. The molecule has 1 fully saturated rings. The van der Waals surface area contributed by atoms with Crippen molar-refractivity contribution >= 4 is 12.0 Å². The Morgan fingerprint density at radius 2 is 1.72 bits per heavy atom. The van der Waals surface area contributed by atoms with Crippen LogP contribution in [0, 0.1) is 0 Å². The fourth-order valence-corrected chi connectivity index (χ4v) is 2.12. The molecule has 18 heavy (non-hydrogen) atoms. The van der Waals surface area contributed by atoms with Crippen molar-refractivity contribution in [3.8, 4) is 0 Å². The minimum Gasteiger partial charge on any atom is -0.480 e. The van der Waals surface area contributed by atoms with E-state index in [0.29, 0.717) is 0 Å². The van der Waals surface area contributed by atoms with Gasteiger partial charge in [-0.1, -0.05) is 6.42 Å². The van der Waals surface area contributed by atoms with Gasteiger partial charge in [0.1, 0.15) is 5.54 Å². The molecule has 1 saturated heterocycles. The fourth-order valence-electron chi connectivity index (χ4n) is 2.12. The van der Waals surface area contributed by atoms with Crippen molar-refractivity contribution in [2.45, 2.75) is 64.6 Å². The Balaban J connectivity index is 2.56. The lowest BCUT2D eigenvalue weighted by Gasteiger charge is -2.39. The van der Waals surface area contributed by atoms with Gasteiger partial charge in [0.15, 0.2) is 0 Å². The molecule has 2 unspecified atom stereocenters. The zero-order valence-electron chi connectivity index (χ0n) is 11.5. The number of hydrazine groups is 1. The summed E-state index contributed by atoms with van der Waals surface area (Å²) in [7, 11) is 0. The van der Waals surface area contributed by atoms with Crippen molar-refractivity contribution in [3.63, 3.8) is 0 Å².